The van der Waals surface area contributed by atoms with Crippen molar-refractivity contribution in [3.63, 3.8) is 0 Å². The molecule has 0 unspecified atom stereocenters. The van der Waals surface area contributed by atoms with Crippen LogP contribution < -0.4 is 19.5 Å². The van der Waals surface area contributed by atoms with E-state index in [1.54, 1.807) is 26.4 Å². The maximum atomic E-state index is 6.64. The zero-order chi connectivity index (χ0) is 24.7. The Kier molecular flexibility index (Phi) is 7.13. The lowest BCUT2D eigenvalue weighted by Gasteiger charge is -2.38. The van der Waals surface area contributed by atoms with Gasteiger partial charge in [-0.1, -0.05) is 53.0 Å². The second-order valence-corrected chi connectivity index (χ2v) is 10.7. The zero-order valence-corrected chi connectivity index (χ0v) is 22.9. The summed E-state index contributed by atoms with van der Waals surface area (Å²) in [5, 5.41) is 5.61. The molecule has 3 aromatic rings. The number of allylic oxidation sites excluding steroid dienone is 2. The van der Waals surface area contributed by atoms with Gasteiger partial charge < -0.3 is 19.5 Å². The third-order valence-electron chi connectivity index (χ3n) is 6.65. The number of benzene rings is 3. The molecule has 0 fully saturated rings. The molecule has 3 atom stereocenters. The monoisotopic (exact) mass is 593 g/mol. The van der Waals surface area contributed by atoms with Crippen molar-refractivity contribution in [2.24, 2.45) is 5.92 Å². The minimum atomic E-state index is 0.0276. The molecule has 1 aliphatic heterocycles. The van der Waals surface area contributed by atoms with E-state index in [1.165, 1.54) is 0 Å². The Labute approximate surface area is 228 Å². The first-order valence-corrected chi connectivity index (χ1v) is 13.1. The van der Waals surface area contributed by atoms with E-state index >= 15 is 0 Å². The van der Waals surface area contributed by atoms with Crippen molar-refractivity contribution in [2.45, 2.75) is 25.0 Å². The van der Waals surface area contributed by atoms with Crippen molar-refractivity contribution >= 4 is 56.4 Å². The van der Waals surface area contributed by atoms with Crippen LogP contribution >= 0.6 is 50.7 Å². The number of hydrogen-bond donors (Lipinski definition) is 1. The van der Waals surface area contributed by atoms with E-state index < -0.39 is 0 Å². The molecule has 0 saturated heterocycles. The van der Waals surface area contributed by atoms with Crippen LogP contribution in [0, 0.1) is 5.92 Å². The van der Waals surface area contributed by atoms with Crippen LogP contribution in [0.4, 0.5) is 5.69 Å². The van der Waals surface area contributed by atoms with Crippen LogP contribution in [0.5, 0.6) is 17.2 Å². The highest BCUT2D eigenvalue weighted by Crippen LogP contribution is 2.55. The molecule has 1 N–H and O–H groups in total. The Morgan fingerprint density at radius 1 is 0.971 bits per heavy atom. The van der Waals surface area contributed by atoms with Gasteiger partial charge in [0.25, 0.3) is 0 Å². The van der Waals surface area contributed by atoms with Crippen molar-refractivity contribution in [1.82, 2.24) is 0 Å². The summed E-state index contributed by atoms with van der Waals surface area (Å²) >= 11 is 22.7. The molecule has 1 aliphatic carbocycles. The Morgan fingerprint density at radius 2 is 1.77 bits per heavy atom. The molecule has 1 heterocycles. The Balaban J connectivity index is 1.49. The summed E-state index contributed by atoms with van der Waals surface area (Å²) in [5.74, 6) is 2.53. The SMILES string of the molecule is COc1ccc(Cl)c2c1N[C@@H](c1cc(Br)c(OCc3ccc(Cl)cc3Cl)c(OC)c1)[C@H]1CC=C[C@@H]21. The number of anilines is 1. The predicted molar refractivity (Wildman–Crippen MR) is 146 cm³/mol. The van der Waals surface area contributed by atoms with Gasteiger partial charge in [-0.15, -0.1) is 0 Å². The van der Waals surface area contributed by atoms with E-state index in [2.05, 4.69) is 39.5 Å². The molecule has 0 radical (unpaired) electrons. The molecule has 0 bridgehead atoms. The molecule has 35 heavy (non-hydrogen) atoms. The van der Waals surface area contributed by atoms with Crippen molar-refractivity contribution in [3.05, 3.63) is 90.8 Å². The van der Waals surface area contributed by atoms with E-state index in [0.717, 1.165) is 44.0 Å². The summed E-state index contributed by atoms with van der Waals surface area (Å²) < 4.78 is 18.3. The predicted octanol–water partition coefficient (Wildman–Crippen LogP) is 8.83. The van der Waals surface area contributed by atoms with Gasteiger partial charge >= 0.3 is 0 Å². The first-order chi connectivity index (χ1) is 16.9. The molecule has 0 aromatic heterocycles. The average Bonchev–Trinajstić information content (AvgIpc) is 3.33. The van der Waals surface area contributed by atoms with Crippen molar-refractivity contribution in [1.29, 1.82) is 0 Å². The van der Waals surface area contributed by atoms with E-state index in [4.69, 9.17) is 49.0 Å². The first kappa shape index (κ1) is 24.6. The molecular formula is C27H23BrCl3NO3. The number of nitrogens with one attached hydrogen (secondary N) is 1. The quantitative estimate of drug-likeness (QED) is 0.289. The van der Waals surface area contributed by atoms with Gasteiger partial charge in [0.15, 0.2) is 11.5 Å². The average molecular weight is 596 g/mol. The van der Waals surface area contributed by atoms with Gasteiger partial charge in [0.1, 0.15) is 12.4 Å². The summed E-state index contributed by atoms with van der Waals surface area (Å²) in [6.07, 6.45) is 5.43. The lowest BCUT2D eigenvalue weighted by molar-refractivity contribution is 0.282. The fraction of sp³-hybridized carbons (Fsp3) is 0.259. The number of fused-ring (bicyclic) bond motifs is 3. The molecule has 0 saturated carbocycles. The van der Waals surface area contributed by atoms with Crippen LogP contribution in [-0.2, 0) is 6.61 Å². The normalized spacial score (nSPS) is 20.1. The van der Waals surface area contributed by atoms with Gasteiger partial charge in [-0.3, -0.25) is 0 Å². The molecule has 0 spiro atoms. The van der Waals surface area contributed by atoms with Crippen LogP contribution in [0.25, 0.3) is 0 Å². The third-order valence-corrected chi connectivity index (χ3v) is 8.15. The minimum absolute atomic E-state index is 0.0276. The second-order valence-electron chi connectivity index (χ2n) is 8.57. The summed E-state index contributed by atoms with van der Waals surface area (Å²) in [5.41, 5.74) is 3.94. The second kappa shape index (κ2) is 10.1. The van der Waals surface area contributed by atoms with E-state index in [9.17, 15) is 0 Å². The number of ether oxygens (including phenoxy) is 3. The summed E-state index contributed by atoms with van der Waals surface area (Å²) in [6.45, 7) is 0.281. The van der Waals surface area contributed by atoms with Gasteiger partial charge in [-0.05, 0) is 70.2 Å². The molecule has 4 nitrogen and oxygen atoms in total. The number of methoxy groups -OCH3 is 2. The maximum absolute atomic E-state index is 6.64. The fourth-order valence-corrected chi connectivity index (χ4v) is 6.31. The lowest BCUT2D eigenvalue weighted by atomic mass is 9.76. The largest absolute Gasteiger partial charge is 0.495 e. The Morgan fingerprint density at radius 3 is 2.51 bits per heavy atom. The van der Waals surface area contributed by atoms with Gasteiger partial charge in [0.05, 0.1) is 30.4 Å². The fourth-order valence-electron chi connectivity index (χ4n) is 4.99. The topological polar surface area (TPSA) is 39.7 Å². The maximum Gasteiger partial charge on any atom is 0.175 e. The Bertz CT molecular complexity index is 1310. The summed E-state index contributed by atoms with van der Waals surface area (Å²) in [4.78, 5) is 0. The van der Waals surface area contributed by atoms with Gasteiger partial charge in [-0.25, -0.2) is 0 Å². The highest BCUT2D eigenvalue weighted by Gasteiger charge is 2.40. The molecule has 0 amide bonds. The number of hydrogen-bond acceptors (Lipinski definition) is 4. The van der Waals surface area contributed by atoms with Crippen molar-refractivity contribution in [3.8, 4) is 17.2 Å². The third kappa shape index (κ3) is 4.60. The van der Waals surface area contributed by atoms with Crippen LogP contribution in [0.1, 0.15) is 35.1 Å². The molecular weight excluding hydrogens is 573 g/mol. The highest BCUT2D eigenvalue weighted by molar-refractivity contribution is 9.10. The Hall–Kier alpha value is -2.05. The molecule has 3 aromatic carbocycles. The standard InChI is InChI=1S/C27H23BrCl3NO3/c1-33-22-9-8-20(30)24-17-4-3-5-18(17)25(32-26(22)24)15-10-19(28)27(23(11-15)34-2)35-13-14-6-7-16(29)12-21(14)31/h3-4,6-12,17-18,25,32H,5,13H2,1-2H3/t17-,18+,25+/m1/s1. The molecule has 2 aliphatic rings. The van der Waals surface area contributed by atoms with E-state index in [1.807, 2.05) is 24.3 Å². The summed E-state index contributed by atoms with van der Waals surface area (Å²) in [6, 6.07) is 13.3. The van der Waals surface area contributed by atoms with Gasteiger partial charge in [-0.2, -0.15) is 0 Å². The van der Waals surface area contributed by atoms with Crippen LogP contribution in [-0.4, -0.2) is 14.2 Å². The smallest absolute Gasteiger partial charge is 0.175 e. The minimum Gasteiger partial charge on any atom is -0.495 e. The van der Waals surface area contributed by atoms with Gasteiger partial charge in [0.2, 0.25) is 0 Å². The molecule has 182 valence electrons. The molecule has 5 rings (SSSR count). The zero-order valence-electron chi connectivity index (χ0n) is 19.1. The van der Waals surface area contributed by atoms with E-state index in [-0.39, 0.29) is 18.6 Å². The van der Waals surface area contributed by atoms with Crippen LogP contribution in [0.2, 0.25) is 15.1 Å². The highest BCUT2D eigenvalue weighted by atomic mass is 79.9. The van der Waals surface area contributed by atoms with E-state index in [0.29, 0.717) is 27.5 Å². The van der Waals surface area contributed by atoms with Crippen LogP contribution in [0.3, 0.4) is 0 Å². The molecule has 8 heteroatoms. The lowest BCUT2D eigenvalue weighted by Crippen LogP contribution is -2.29. The number of halogens is 4. The number of rotatable bonds is 6. The summed E-state index contributed by atoms with van der Waals surface area (Å²) in [7, 11) is 3.31. The van der Waals surface area contributed by atoms with Crippen molar-refractivity contribution in [2.75, 3.05) is 19.5 Å². The van der Waals surface area contributed by atoms with Gasteiger partial charge in [0, 0.05) is 32.1 Å². The van der Waals surface area contributed by atoms with Crippen LogP contribution in [0.15, 0.2) is 59.1 Å². The first-order valence-electron chi connectivity index (χ1n) is 11.1. The van der Waals surface area contributed by atoms with Crippen molar-refractivity contribution < 1.29 is 14.2 Å².